The third-order valence-electron chi connectivity index (χ3n) is 3.13. The maximum atomic E-state index is 13.8. The van der Waals surface area contributed by atoms with Crippen LogP contribution >= 0.6 is 11.6 Å². The summed E-state index contributed by atoms with van der Waals surface area (Å²) in [5.41, 5.74) is 1.56. The Morgan fingerprint density at radius 3 is 3.00 bits per heavy atom. The van der Waals surface area contributed by atoms with E-state index in [1.165, 1.54) is 18.2 Å². The maximum Gasteiger partial charge on any atom is 0.261 e. The molecular weight excluding hydrogens is 309 g/mol. The number of pyridine rings is 1. The van der Waals surface area contributed by atoms with Gasteiger partial charge >= 0.3 is 0 Å². The quantitative estimate of drug-likeness (QED) is 0.568. The van der Waals surface area contributed by atoms with E-state index in [2.05, 4.69) is 20.3 Å². The lowest BCUT2D eigenvalue weighted by molar-refractivity contribution is 0.429. The minimum absolute atomic E-state index is 0.0684. The normalized spacial score (nSPS) is 11.2. The molecule has 1 aromatic carbocycles. The van der Waals surface area contributed by atoms with E-state index >= 15 is 0 Å². The van der Waals surface area contributed by atoms with Crippen molar-refractivity contribution in [3.05, 3.63) is 53.7 Å². The van der Waals surface area contributed by atoms with Crippen molar-refractivity contribution in [3.8, 4) is 22.8 Å². The van der Waals surface area contributed by atoms with Gasteiger partial charge in [-0.15, -0.1) is 10.2 Å². The highest BCUT2D eigenvalue weighted by Gasteiger charge is 2.15. The van der Waals surface area contributed by atoms with Gasteiger partial charge in [0.05, 0.1) is 5.56 Å². The van der Waals surface area contributed by atoms with Crippen molar-refractivity contribution >= 4 is 17.2 Å². The second-order valence-corrected chi connectivity index (χ2v) is 5.00. The number of hydrogen-bond acceptors (Lipinski definition) is 5. The minimum Gasteiger partial charge on any atom is -0.334 e. The van der Waals surface area contributed by atoms with Crippen LogP contribution in [0.5, 0.6) is 0 Å². The summed E-state index contributed by atoms with van der Waals surface area (Å²) in [5.74, 6) is -0.0716. The number of hydrogen-bond donors (Lipinski definition) is 0. The lowest BCUT2D eigenvalue weighted by Gasteiger charge is -1.97. The molecule has 0 radical (unpaired) electrons. The van der Waals surface area contributed by atoms with Crippen LogP contribution in [0.15, 0.2) is 47.4 Å². The van der Waals surface area contributed by atoms with Crippen LogP contribution in [0.25, 0.3) is 28.5 Å². The molecule has 8 heteroatoms. The predicted octanol–water partition coefficient (Wildman–Crippen LogP) is 3.24. The number of aromatic nitrogens is 5. The monoisotopic (exact) mass is 315 g/mol. The van der Waals surface area contributed by atoms with Crippen molar-refractivity contribution < 1.29 is 8.91 Å². The SMILES string of the molecule is Fc1ccc(Cl)cc1-c1nc(-c2ccc3nncn3c2)no1. The van der Waals surface area contributed by atoms with Crippen LogP contribution < -0.4 is 0 Å². The van der Waals surface area contributed by atoms with Gasteiger partial charge in [-0.3, -0.25) is 4.40 Å². The minimum atomic E-state index is -0.478. The zero-order chi connectivity index (χ0) is 15.1. The Morgan fingerprint density at radius 1 is 1.18 bits per heavy atom. The standard InChI is InChI=1S/C14H7ClFN5O/c15-9-2-3-11(16)10(5-9)14-18-13(20-22-14)8-1-4-12-19-17-7-21(12)6-8/h1-7H. The number of halogens is 2. The van der Waals surface area contributed by atoms with E-state index < -0.39 is 5.82 Å². The molecule has 0 amide bonds. The smallest absolute Gasteiger partial charge is 0.261 e. The van der Waals surface area contributed by atoms with Crippen LogP contribution in [0.2, 0.25) is 5.02 Å². The Balaban J connectivity index is 1.78. The molecular formula is C14H7ClFN5O. The predicted molar refractivity (Wildman–Crippen MR) is 76.7 cm³/mol. The fraction of sp³-hybridized carbons (Fsp3) is 0. The topological polar surface area (TPSA) is 69.1 Å². The molecule has 6 nitrogen and oxygen atoms in total. The van der Waals surface area contributed by atoms with Gasteiger partial charge in [-0.1, -0.05) is 16.8 Å². The lowest BCUT2D eigenvalue weighted by Crippen LogP contribution is -1.88. The Labute approximate surface area is 128 Å². The first kappa shape index (κ1) is 12.9. The molecule has 0 aliphatic rings. The molecule has 0 saturated carbocycles. The second kappa shape index (κ2) is 4.88. The van der Waals surface area contributed by atoms with E-state index in [0.717, 1.165) is 0 Å². The number of nitrogens with zero attached hydrogens (tertiary/aromatic N) is 5. The molecule has 0 atom stereocenters. The molecule has 0 fully saturated rings. The second-order valence-electron chi connectivity index (χ2n) is 4.56. The summed E-state index contributed by atoms with van der Waals surface area (Å²) in [5, 5.41) is 12.0. The summed E-state index contributed by atoms with van der Waals surface area (Å²) in [6.45, 7) is 0. The van der Waals surface area contributed by atoms with Crippen LogP contribution in [-0.2, 0) is 0 Å². The molecule has 4 aromatic rings. The van der Waals surface area contributed by atoms with Crippen molar-refractivity contribution in [1.82, 2.24) is 24.7 Å². The molecule has 0 unspecified atom stereocenters. The molecule has 0 N–H and O–H groups in total. The van der Waals surface area contributed by atoms with Gasteiger partial charge in [-0.25, -0.2) is 4.39 Å². The molecule has 0 aliphatic heterocycles. The van der Waals surface area contributed by atoms with Crippen LogP contribution in [0.4, 0.5) is 4.39 Å². The first-order chi connectivity index (χ1) is 10.7. The highest BCUT2D eigenvalue weighted by molar-refractivity contribution is 6.30. The number of rotatable bonds is 2. The highest BCUT2D eigenvalue weighted by atomic mass is 35.5. The van der Waals surface area contributed by atoms with Gasteiger partial charge in [-0.2, -0.15) is 4.98 Å². The zero-order valence-electron chi connectivity index (χ0n) is 10.9. The summed E-state index contributed by atoms with van der Waals surface area (Å²) >= 11 is 5.87. The first-order valence-corrected chi connectivity index (χ1v) is 6.67. The van der Waals surface area contributed by atoms with E-state index in [4.69, 9.17) is 16.1 Å². The highest BCUT2D eigenvalue weighted by Crippen LogP contribution is 2.26. The van der Waals surface area contributed by atoms with E-state index in [0.29, 0.717) is 22.1 Å². The molecule has 22 heavy (non-hydrogen) atoms. The van der Waals surface area contributed by atoms with Crippen molar-refractivity contribution in [2.24, 2.45) is 0 Å². The van der Waals surface area contributed by atoms with Crippen molar-refractivity contribution in [1.29, 1.82) is 0 Å². The van der Waals surface area contributed by atoms with E-state index in [-0.39, 0.29) is 11.5 Å². The van der Waals surface area contributed by atoms with Crippen LogP contribution in [0.1, 0.15) is 0 Å². The Hall–Kier alpha value is -2.80. The fourth-order valence-corrected chi connectivity index (χ4v) is 2.24. The molecule has 3 heterocycles. The van der Waals surface area contributed by atoms with Gasteiger partial charge in [0.25, 0.3) is 5.89 Å². The Bertz CT molecular complexity index is 980. The summed E-state index contributed by atoms with van der Waals surface area (Å²) in [6, 6.07) is 7.71. The lowest BCUT2D eigenvalue weighted by atomic mass is 10.2. The first-order valence-electron chi connectivity index (χ1n) is 6.29. The van der Waals surface area contributed by atoms with Gasteiger partial charge in [0.15, 0.2) is 5.65 Å². The van der Waals surface area contributed by atoms with Gasteiger partial charge in [0, 0.05) is 16.8 Å². The van der Waals surface area contributed by atoms with Crippen LogP contribution in [0, 0.1) is 5.82 Å². The average Bonchev–Trinajstić information content (AvgIpc) is 3.17. The Morgan fingerprint density at radius 2 is 2.09 bits per heavy atom. The van der Waals surface area contributed by atoms with E-state index in [1.54, 1.807) is 29.1 Å². The van der Waals surface area contributed by atoms with E-state index in [9.17, 15) is 4.39 Å². The third kappa shape index (κ3) is 2.11. The summed E-state index contributed by atoms with van der Waals surface area (Å²) in [6.07, 6.45) is 3.33. The van der Waals surface area contributed by atoms with Gasteiger partial charge in [0.2, 0.25) is 5.82 Å². The van der Waals surface area contributed by atoms with Gasteiger partial charge in [-0.05, 0) is 30.3 Å². The molecule has 0 bridgehead atoms. The van der Waals surface area contributed by atoms with Crippen molar-refractivity contribution in [3.63, 3.8) is 0 Å². The summed E-state index contributed by atoms with van der Waals surface area (Å²) in [7, 11) is 0. The fourth-order valence-electron chi connectivity index (χ4n) is 2.07. The van der Waals surface area contributed by atoms with Crippen LogP contribution in [0.3, 0.4) is 0 Å². The molecule has 0 spiro atoms. The van der Waals surface area contributed by atoms with Gasteiger partial charge in [0.1, 0.15) is 12.1 Å². The molecule has 0 saturated heterocycles. The van der Waals surface area contributed by atoms with Crippen LogP contribution in [-0.4, -0.2) is 24.7 Å². The summed E-state index contributed by atoms with van der Waals surface area (Å²) in [4.78, 5) is 4.21. The molecule has 0 aliphatic carbocycles. The number of fused-ring (bicyclic) bond motifs is 1. The zero-order valence-corrected chi connectivity index (χ0v) is 11.7. The largest absolute Gasteiger partial charge is 0.334 e. The maximum absolute atomic E-state index is 13.8. The van der Waals surface area contributed by atoms with Gasteiger partial charge < -0.3 is 4.52 Å². The molecule has 108 valence electrons. The molecule has 4 rings (SSSR count). The van der Waals surface area contributed by atoms with Crippen molar-refractivity contribution in [2.45, 2.75) is 0 Å². The molecule has 3 aromatic heterocycles. The van der Waals surface area contributed by atoms with Crippen molar-refractivity contribution in [2.75, 3.05) is 0 Å². The average molecular weight is 316 g/mol. The summed E-state index contributed by atoms with van der Waals surface area (Å²) < 4.78 is 20.7. The third-order valence-corrected chi connectivity index (χ3v) is 3.37. The number of benzene rings is 1. The van der Waals surface area contributed by atoms with E-state index in [1.807, 2.05) is 0 Å². The Kier molecular flexibility index (Phi) is 2.87.